The van der Waals surface area contributed by atoms with Crippen molar-refractivity contribution < 1.29 is 9.59 Å². The molecule has 0 aromatic heterocycles. The van der Waals surface area contributed by atoms with Gasteiger partial charge in [0.25, 0.3) is 0 Å². The molecule has 0 aliphatic carbocycles. The number of amides is 2. The van der Waals surface area contributed by atoms with E-state index >= 15 is 0 Å². The van der Waals surface area contributed by atoms with Crippen LogP contribution in [0.5, 0.6) is 0 Å². The fraction of sp³-hybridized carbons (Fsp3) is 0.778. The molecule has 1 atom stereocenters. The van der Waals surface area contributed by atoms with Crippen molar-refractivity contribution in [3.05, 3.63) is 0 Å². The van der Waals surface area contributed by atoms with Crippen LogP contribution in [0.4, 0.5) is 0 Å². The Bertz CT molecular complexity index is 248. The summed E-state index contributed by atoms with van der Waals surface area (Å²) >= 11 is 1.67. The van der Waals surface area contributed by atoms with Crippen LogP contribution < -0.4 is 10.6 Å². The van der Waals surface area contributed by atoms with Crippen molar-refractivity contribution in [3.63, 3.8) is 0 Å². The van der Waals surface area contributed by atoms with E-state index in [-0.39, 0.29) is 29.1 Å². The SMILES string of the molecule is CC(C)(C)SC[C@H]1NC(=O)CNC1=O. The van der Waals surface area contributed by atoms with Crippen LogP contribution in [0.2, 0.25) is 0 Å². The van der Waals surface area contributed by atoms with Gasteiger partial charge in [-0.25, -0.2) is 0 Å². The molecule has 2 N–H and O–H groups in total. The second-order valence-electron chi connectivity index (χ2n) is 4.26. The lowest BCUT2D eigenvalue weighted by atomic mass is 10.2. The van der Waals surface area contributed by atoms with Gasteiger partial charge in [0, 0.05) is 10.5 Å². The predicted octanol–water partition coefficient (Wildman–Crippen LogP) is 0.133. The van der Waals surface area contributed by atoms with E-state index in [0.717, 1.165) is 0 Å². The fourth-order valence-corrected chi connectivity index (χ4v) is 1.95. The van der Waals surface area contributed by atoms with Crippen molar-refractivity contribution in [3.8, 4) is 0 Å². The maximum absolute atomic E-state index is 11.3. The Balaban J connectivity index is 2.42. The maximum Gasteiger partial charge on any atom is 0.243 e. The highest BCUT2D eigenvalue weighted by Crippen LogP contribution is 2.23. The van der Waals surface area contributed by atoms with Crippen molar-refractivity contribution >= 4 is 23.6 Å². The van der Waals surface area contributed by atoms with Gasteiger partial charge in [0.15, 0.2) is 0 Å². The van der Waals surface area contributed by atoms with Gasteiger partial charge in [-0.05, 0) is 0 Å². The molecule has 1 aliphatic heterocycles. The summed E-state index contributed by atoms with van der Waals surface area (Å²) < 4.78 is 0.114. The average molecular weight is 216 g/mol. The van der Waals surface area contributed by atoms with Crippen LogP contribution in [0.1, 0.15) is 20.8 Å². The summed E-state index contributed by atoms with van der Waals surface area (Å²) in [6, 6.07) is -0.375. The maximum atomic E-state index is 11.3. The normalized spacial score (nSPS) is 22.9. The molecule has 2 amide bonds. The number of hydrogen-bond donors (Lipinski definition) is 2. The van der Waals surface area contributed by atoms with Crippen molar-refractivity contribution in [2.45, 2.75) is 31.6 Å². The Labute approximate surface area is 88.2 Å². The van der Waals surface area contributed by atoms with Crippen LogP contribution in [-0.2, 0) is 9.59 Å². The third kappa shape index (κ3) is 3.57. The summed E-state index contributed by atoms with van der Waals surface area (Å²) in [6.45, 7) is 6.36. The predicted molar refractivity (Wildman–Crippen MR) is 57.2 cm³/mol. The first-order valence-electron chi connectivity index (χ1n) is 4.59. The van der Waals surface area contributed by atoms with Gasteiger partial charge in [0.2, 0.25) is 11.8 Å². The molecule has 1 rings (SSSR count). The second-order valence-corrected chi connectivity index (χ2v) is 6.11. The third-order valence-corrected chi connectivity index (χ3v) is 3.12. The topological polar surface area (TPSA) is 58.2 Å². The molecule has 0 aromatic rings. The first-order valence-corrected chi connectivity index (χ1v) is 5.58. The van der Waals surface area contributed by atoms with E-state index in [2.05, 4.69) is 31.4 Å². The molecule has 1 aliphatic rings. The lowest BCUT2D eigenvalue weighted by molar-refractivity contribution is -0.133. The van der Waals surface area contributed by atoms with Crippen LogP contribution in [0.25, 0.3) is 0 Å². The van der Waals surface area contributed by atoms with Crippen LogP contribution in [0, 0.1) is 0 Å². The molecule has 80 valence electrons. The molecule has 5 heteroatoms. The summed E-state index contributed by atoms with van der Waals surface area (Å²) in [4.78, 5) is 22.3. The monoisotopic (exact) mass is 216 g/mol. The van der Waals surface area contributed by atoms with Crippen LogP contribution in [-0.4, -0.2) is 34.9 Å². The fourth-order valence-electron chi connectivity index (χ4n) is 1.05. The summed E-state index contributed by atoms with van der Waals surface area (Å²) in [5.41, 5.74) is 0. The number of carbonyl (C=O) groups is 2. The molecule has 0 bridgehead atoms. The highest BCUT2D eigenvalue weighted by molar-refractivity contribution is 8.00. The van der Waals surface area contributed by atoms with Crippen LogP contribution in [0.15, 0.2) is 0 Å². The second kappa shape index (κ2) is 4.21. The molecule has 0 unspecified atom stereocenters. The van der Waals surface area contributed by atoms with Gasteiger partial charge in [-0.1, -0.05) is 20.8 Å². The Morgan fingerprint density at radius 3 is 2.64 bits per heavy atom. The van der Waals surface area contributed by atoms with E-state index in [0.29, 0.717) is 5.75 Å². The molecule has 4 nitrogen and oxygen atoms in total. The molecule has 14 heavy (non-hydrogen) atoms. The van der Waals surface area contributed by atoms with E-state index in [9.17, 15) is 9.59 Å². The van der Waals surface area contributed by atoms with Crippen molar-refractivity contribution in [1.29, 1.82) is 0 Å². The molecule has 1 heterocycles. The quantitative estimate of drug-likeness (QED) is 0.690. The largest absolute Gasteiger partial charge is 0.345 e. The van der Waals surface area contributed by atoms with E-state index < -0.39 is 0 Å². The zero-order valence-electron chi connectivity index (χ0n) is 8.72. The van der Waals surface area contributed by atoms with Gasteiger partial charge in [-0.15, -0.1) is 0 Å². The Kier molecular flexibility index (Phi) is 3.42. The van der Waals surface area contributed by atoms with Crippen LogP contribution >= 0.6 is 11.8 Å². The molecule has 0 spiro atoms. The Morgan fingerprint density at radius 2 is 2.07 bits per heavy atom. The minimum Gasteiger partial charge on any atom is -0.345 e. The van der Waals surface area contributed by atoms with Gasteiger partial charge < -0.3 is 10.6 Å². The van der Waals surface area contributed by atoms with E-state index in [1.54, 1.807) is 11.8 Å². The van der Waals surface area contributed by atoms with Gasteiger partial charge in [0.05, 0.1) is 6.54 Å². The van der Waals surface area contributed by atoms with E-state index in [1.165, 1.54) is 0 Å². The highest BCUT2D eigenvalue weighted by atomic mass is 32.2. The lowest BCUT2D eigenvalue weighted by Gasteiger charge is -2.26. The number of piperazine rings is 1. The molecular formula is C9H16N2O2S. The lowest BCUT2D eigenvalue weighted by Crippen LogP contribution is -2.57. The molecule has 0 saturated carbocycles. The number of rotatable bonds is 2. The minimum absolute atomic E-state index is 0.0821. The summed E-state index contributed by atoms with van der Waals surface area (Å²) in [5, 5.41) is 5.22. The Morgan fingerprint density at radius 1 is 1.43 bits per heavy atom. The van der Waals surface area contributed by atoms with Crippen molar-refractivity contribution in [2.75, 3.05) is 12.3 Å². The molecule has 0 aromatic carbocycles. The zero-order valence-corrected chi connectivity index (χ0v) is 9.53. The van der Waals surface area contributed by atoms with E-state index in [1.807, 2.05) is 0 Å². The summed E-state index contributed by atoms with van der Waals surface area (Å²) in [7, 11) is 0. The third-order valence-electron chi connectivity index (χ3n) is 1.76. The van der Waals surface area contributed by atoms with Gasteiger partial charge >= 0.3 is 0 Å². The standard InChI is InChI=1S/C9H16N2O2S/c1-9(2,3)14-5-6-8(13)10-4-7(12)11-6/h6H,4-5H2,1-3H3,(H,10,13)(H,11,12)/t6-/m1/s1. The van der Waals surface area contributed by atoms with Gasteiger partial charge in [0.1, 0.15) is 6.04 Å². The molecule has 1 saturated heterocycles. The minimum atomic E-state index is -0.375. The molecular weight excluding hydrogens is 200 g/mol. The van der Waals surface area contributed by atoms with E-state index in [4.69, 9.17) is 0 Å². The van der Waals surface area contributed by atoms with Crippen molar-refractivity contribution in [1.82, 2.24) is 10.6 Å². The number of nitrogens with one attached hydrogen (secondary N) is 2. The summed E-state index contributed by atoms with van der Waals surface area (Å²) in [5.74, 6) is 0.437. The number of thioether (sulfide) groups is 1. The number of carbonyl (C=O) groups excluding carboxylic acids is 2. The number of hydrogen-bond acceptors (Lipinski definition) is 3. The smallest absolute Gasteiger partial charge is 0.243 e. The van der Waals surface area contributed by atoms with Gasteiger partial charge in [-0.2, -0.15) is 11.8 Å². The highest BCUT2D eigenvalue weighted by Gasteiger charge is 2.27. The average Bonchev–Trinajstić information content (AvgIpc) is 2.05. The van der Waals surface area contributed by atoms with Gasteiger partial charge in [-0.3, -0.25) is 9.59 Å². The van der Waals surface area contributed by atoms with Crippen molar-refractivity contribution in [2.24, 2.45) is 0 Å². The molecule has 0 radical (unpaired) electrons. The first-order chi connectivity index (χ1) is 6.38. The molecule has 1 fully saturated rings. The zero-order chi connectivity index (χ0) is 10.8. The van der Waals surface area contributed by atoms with Crippen LogP contribution in [0.3, 0.4) is 0 Å². The Hall–Kier alpha value is -0.710. The summed E-state index contributed by atoms with van der Waals surface area (Å²) in [6.07, 6.45) is 0. The first kappa shape index (κ1) is 11.4.